The topological polar surface area (TPSA) is 55.8 Å². The molecular formula is C20H29NO4. The fourth-order valence-corrected chi connectivity index (χ4v) is 3.30. The first-order valence-corrected chi connectivity index (χ1v) is 9.22. The molecule has 0 bridgehead atoms. The van der Waals surface area contributed by atoms with Crippen molar-refractivity contribution in [3.05, 3.63) is 29.8 Å². The van der Waals surface area contributed by atoms with Crippen molar-refractivity contribution < 1.29 is 19.1 Å². The van der Waals surface area contributed by atoms with Gasteiger partial charge in [0, 0.05) is 12.6 Å². The Kier molecular flexibility index (Phi) is 7.76. The van der Waals surface area contributed by atoms with Crippen LogP contribution >= 0.6 is 0 Å². The highest BCUT2D eigenvalue weighted by Gasteiger charge is 2.26. The molecule has 5 heteroatoms. The molecule has 0 N–H and O–H groups in total. The number of esters is 1. The first-order valence-electron chi connectivity index (χ1n) is 9.22. The third-order valence-electron chi connectivity index (χ3n) is 4.79. The SMILES string of the molecule is CCc1cccc(OCC(=O)N(CCC(=O)OC)C2CCCCC2)c1. The number of carbonyl (C=O) groups is 2. The van der Waals surface area contributed by atoms with E-state index >= 15 is 0 Å². The first-order chi connectivity index (χ1) is 12.1. The van der Waals surface area contributed by atoms with Gasteiger partial charge in [0.1, 0.15) is 5.75 Å². The molecule has 138 valence electrons. The highest BCUT2D eigenvalue weighted by molar-refractivity contribution is 5.79. The van der Waals surface area contributed by atoms with E-state index in [2.05, 4.69) is 6.92 Å². The number of hydrogen-bond donors (Lipinski definition) is 0. The van der Waals surface area contributed by atoms with Gasteiger partial charge in [-0.15, -0.1) is 0 Å². The van der Waals surface area contributed by atoms with Crippen LogP contribution in [0.5, 0.6) is 5.75 Å². The van der Waals surface area contributed by atoms with E-state index in [1.807, 2.05) is 29.2 Å². The smallest absolute Gasteiger partial charge is 0.307 e. The Balaban J connectivity index is 1.96. The molecule has 1 fully saturated rings. The van der Waals surface area contributed by atoms with Crippen LogP contribution in [0.2, 0.25) is 0 Å². The van der Waals surface area contributed by atoms with Crippen LogP contribution in [0.3, 0.4) is 0 Å². The molecule has 1 aromatic rings. The Morgan fingerprint density at radius 1 is 1.20 bits per heavy atom. The van der Waals surface area contributed by atoms with Crippen LogP contribution in [-0.4, -0.2) is 43.1 Å². The zero-order chi connectivity index (χ0) is 18.1. The highest BCUT2D eigenvalue weighted by atomic mass is 16.5. The third kappa shape index (κ3) is 6.07. The van der Waals surface area contributed by atoms with Gasteiger partial charge in [-0.05, 0) is 37.0 Å². The zero-order valence-corrected chi connectivity index (χ0v) is 15.3. The number of ether oxygens (including phenoxy) is 2. The molecule has 1 saturated carbocycles. The molecule has 0 unspecified atom stereocenters. The van der Waals surface area contributed by atoms with Gasteiger partial charge in [-0.1, -0.05) is 38.3 Å². The van der Waals surface area contributed by atoms with E-state index in [1.165, 1.54) is 19.1 Å². The van der Waals surface area contributed by atoms with Gasteiger partial charge in [0.05, 0.1) is 13.5 Å². The van der Waals surface area contributed by atoms with Gasteiger partial charge in [0.25, 0.3) is 5.91 Å². The molecule has 5 nitrogen and oxygen atoms in total. The molecule has 0 radical (unpaired) electrons. The maximum Gasteiger partial charge on any atom is 0.307 e. The average molecular weight is 347 g/mol. The molecule has 25 heavy (non-hydrogen) atoms. The Hall–Kier alpha value is -2.04. The first kappa shape index (κ1) is 19.3. The summed E-state index contributed by atoms with van der Waals surface area (Å²) in [5.41, 5.74) is 1.18. The van der Waals surface area contributed by atoms with Crippen molar-refractivity contribution in [2.75, 3.05) is 20.3 Å². The van der Waals surface area contributed by atoms with E-state index in [0.717, 1.165) is 32.1 Å². The largest absolute Gasteiger partial charge is 0.484 e. The van der Waals surface area contributed by atoms with Crippen molar-refractivity contribution in [3.63, 3.8) is 0 Å². The summed E-state index contributed by atoms with van der Waals surface area (Å²) in [6, 6.07) is 8.02. The van der Waals surface area contributed by atoms with E-state index in [0.29, 0.717) is 12.3 Å². The number of rotatable bonds is 8. The van der Waals surface area contributed by atoms with Crippen LogP contribution in [0.15, 0.2) is 24.3 Å². The Morgan fingerprint density at radius 2 is 1.96 bits per heavy atom. The van der Waals surface area contributed by atoms with Crippen LogP contribution in [0.25, 0.3) is 0 Å². The molecule has 0 spiro atoms. The molecule has 2 rings (SSSR count). The summed E-state index contributed by atoms with van der Waals surface area (Å²) in [7, 11) is 1.37. The molecule has 0 aliphatic heterocycles. The lowest BCUT2D eigenvalue weighted by atomic mass is 9.94. The predicted octanol–water partition coefficient (Wildman–Crippen LogP) is 3.35. The minimum Gasteiger partial charge on any atom is -0.484 e. The maximum absolute atomic E-state index is 12.7. The summed E-state index contributed by atoms with van der Waals surface area (Å²) in [6.45, 7) is 2.49. The number of hydrogen-bond acceptors (Lipinski definition) is 4. The Bertz CT molecular complexity index is 567. The second-order valence-electron chi connectivity index (χ2n) is 6.49. The fraction of sp³-hybridized carbons (Fsp3) is 0.600. The normalized spacial score (nSPS) is 14.8. The van der Waals surface area contributed by atoms with Gasteiger partial charge >= 0.3 is 5.97 Å². The van der Waals surface area contributed by atoms with Crippen LogP contribution in [0, 0.1) is 0 Å². The molecule has 1 aliphatic rings. The number of benzene rings is 1. The fourth-order valence-electron chi connectivity index (χ4n) is 3.30. The van der Waals surface area contributed by atoms with Crippen LogP contribution < -0.4 is 4.74 Å². The van der Waals surface area contributed by atoms with E-state index < -0.39 is 0 Å². The molecule has 1 aromatic carbocycles. The lowest BCUT2D eigenvalue weighted by molar-refractivity contribution is -0.143. The minimum atomic E-state index is -0.287. The monoisotopic (exact) mass is 347 g/mol. The molecular weight excluding hydrogens is 318 g/mol. The van der Waals surface area contributed by atoms with Crippen LogP contribution in [0.4, 0.5) is 0 Å². The van der Waals surface area contributed by atoms with Gasteiger partial charge in [-0.3, -0.25) is 9.59 Å². The minimum absolute atomic E-state index is 0.00480. The van der Waals surface area contributed by atoms with E-state index in [4.69, 9.17) is 9.47 Å². The van der Waals surface area contributed by atoms with Gasteiger partial charge in [0.15, 0.2) is 6.61 Å². The summed E-state index contributed by atoms with van der Waals surface area (Å²) < 4.78 is 10.4. The van der Waals surface area contributed by atoms with Crippen molar-refractivity contribution in [2.45, 2.75) is 57.9 Å². The highest BCUT2D eigenvalue weighted by Crippen LogP contribution is 2.23. The van der Waals surface area contributed by atoms with Crippen molar-refractivity contribution in [1.82, 2.24) is 4.90 Å². The van der Waals surface area contributed by atoms with E-state index in [-0.39, 0.29) is 30.9 Å². The van der Waals surface area contributed by atoms with Gasteiger partial charge in [-0.25, -0.2) is 0 Å². The molecule has 1 amide bonds. The number of carbonyl (C=O) groups excluding carboxylic acids is 2. The standard InChI is InChI=1S/C20H29NO4/c1-3-16-8-7-11-18(14-16)25-15-19(22)21(13-12-20(23)24-2)17-9-5-4-6-10-17/h7-8,11,14,17H,3-6,9-10,12-13,15H2,1-2H3. The van der Waals surface area contributed by atoms with Crippen LogP contribution in [0.1, 0.15) is 51.0 Å². The van der Waals surface area contributed by atoms with E-state index in [9.17, 15) is 9.59 Å². The summed E-state index contributed by atoms with van der Waals surface area (Å²) in [4.78, 5) is 26.0. The zero-order valence-electron chi connectivity index (χ0n) is 15.3. The van der Waals surface area contributed by atoms with Gasteiger partial charge in [0.2, 0.25) is 0 Å². The Morgan fingerprint density at radius 3 is 2.64 bits per heavy atom. The Labute approximate surface area is 150 Å². The molecule has 1 aliphatic carbocycles. The molecule has 0 saturated heterocycles. The summed E-state index contributed by atoms with van der Waals surface area (Å²) >= 11 is 0. The quantitative estimate of drug-likeness (QED) is 0.677. The van der Waals surface area contributed by atoms with Crippen LogP contribution in [-0.2, 0) is 20.7 Å². The predicted molar refractivity (Wildman–Crippen MR) is 96.5 cm³/mol. The molecule has 0 heterocycles. The molecule has 0 aromatic heterocycles. The summed E-state index contributed by atoms with van der Waals surface area (Å²) in [5, 5.41) is 0. The van der Waals surface area contributed by atoms with Crippen molar-refractivity contribution in [3.8, 4) is 5.75 Å². The molecule has 0 atom stereocenters. The lowest BCUT2D eigenvalue weighted by Crippen LogP contribution is -2.44. The number of amides is 1. The summed E-state index contributed by atoms with van der Waals surface area (Å²) in [6.07, 6.45) is 6.63. The maximum atomic E-state index is 12.7. The van der Waals surface area contributed by atoms with E-state index in [1.54, 1.807) is 0 Å². The average Bonchev–Trinajstić information content (AvgIpc) is 2.67. The third-order valence-corrected chi connectivity index (χ3v) is 4.79. The van der Waals surface area contributed by atoms with Crippen molar-refractivity contribution >= 4 is 11.9 Å². The lowest BCUT2D eigenvalue weighted by Gasteiger charge is -2.34. The summed E-state index contributed by atoms with van der Waals surface area (Å²) in [5.74, 6) is 0.368. The van der Waals surface area contributed by atoms with Crippen molar-refractivity contribution in [1.29, 1.82) is 0 Å². The number of nitrogens with zero attached hydrogens (tertiary/aromatic N) is 1. The second-order valence-corrected chi connectivity index (χ2v) is 6.49. The van der Waals surface area contributed by atoms with Gasteiger partial charge < -0.3 is 14.4 Å². The second kappa shape index (κ2) is 10.1. The van der Waals surface area contributed by atoms with Crippen molar-refractivity contribution in [2.24, 2.45) is 0 Å². The number of methoxy groups -OCH3 is 1. The van der Waals surface area contributed by atoms with Gasteiger partial charge in [-0.2, -0.15) is 0 Å². The number of aryl methyl sites for hydroxylation is 1.